The summed E-state index contributed by atoms with van der Waals surface area (Å²) in [5.41, 5.74) is -0.572. The number of nitrogens with one attached hydrogen (secondary N) is 1. The number of hydrogen-bond donors (Lipinski definition) is 2. The van der Waals surface area contributed by atoms with Crippen molar-refractivity contribution >= 4 is 21.7 Å². The van der Waals surface area contributed by atoms with Crippen molar-refractivity contribution in [1.82, 2.24) is 5.32 Å². The van der Waals surface area contributed by atoms with Gasteiger partial charge in [0.15, 0.2) is 9.84 Å². The molecule has 0 heterocycles. The summed E-state index contributed by atoms with van der Waals surface area (Å²) >= 11 is 0. The third-order valence-corrected chi connectivity index (χ3v) is 4.64. The van der Waals surface area contributed by atoms with Crippen LogP contribution in [0.1, 0.15) is 39.5 Å². The van der Waals surface area contributed by atoms with Gasteiger partial charge in [-0.3, -0.25) is 9.59 Å². The minimum Gasteiger partial charge on any atom is -0.494 e. The Hall–Kier alpha value is -2.09. The maximum atomic E-state index is 11.9. The number of aliphatic carboxylic acids is 1. The van der Waals surface area contributed by atoms with Crippen molar-refractivity contribution in [2.75, 3.05) is 12.9 Å². The molecule has 1 rings (SSSR count). The zero-order valence-corrected chi connectivity index (χ0v) is 15.6. The van der Waals surface area contributed by atoms with Gasteiger partial charge in [0.1, 0.15) is 5.75 Å². The molecule has 1 amide bonds. The number of carboxylic acids is 1. The lowest BCUT2D eigenvalue weighted by Gasteiger charge is -2.25. The summed E-state index contributed by atoms with van der Waals surface area (Å²) in [7, 11) is -3.23. The summed E-state index contributed by atoms with van der Waals surface area (Å²) in [6.07, 6.45) is 2.25. The average Bonchev–Trinajstić information content (AvgIpc) is 2.49. The maximum absolute atomic E-state index is 11.9. The summed E-state index contributed by atoms with van der Waals surface area (Å²) in [6, 6.07) is 6.10. The molecular formula is C17H25NO6S. The fraction of sp³-hybridized carbons (Fsp3) is 0.529. The van der Waals surface area contributed by atoms with Crippen LogP contribution in [-0.2, 0) is 19.4 Å². The lowest BCUT2D eigenvalue weighted by atomic mass is 9.98. The largest absolute Gasteiger partial charge is 0.494 e. The number of benzene rings is 1. The van der Waals surface area contributed by atoms with E-state index < -0.39 is 21.3 Å². The van der Waals surface area contributed by atoms with E-state index in [1.807, 2.05) is 0 Å². The Morgan fingerprint density at radius 1 is 1.16 bits per heavy atom. The molecule has 0 aliphatic rings. The summed E-state index contributed by atoms with van der Waals surface area (Å²) < 4.78 is 28.2. The van der Waals surface area contributed by atoms with Gasteiger partial charge in [-0.2, -0.15) is 0 Å². The summed E-state index contributed by atoms with van der Waals surface area (Å²) in [4.78, 5) is 22.7. The van der Waals surface area contributed by atoms with Crippen LogP contribution in [0.2, 0.25) is 0 Å². The van der Waals surface area contributed by atoms with Gasteiger partial charge in [0.2, 0.25) is 5.91 Å². The highest BCUT2D eigenvalue weighted by Crippen LogP contribution is 2.16. The van der Waals surface area contributed by atoms with E-state index in [2.05, 4.69) is 5.32 Å². The highest BCUT2D eigenvalue weighted by Gasteiger charge is 2.21. The molecule has 0 aromatic heterocycles. The Bertz CT molecular complexity index is 694. The molecule has 25 heavy (non-hydrogen) atoms. The first-order valence-electron chi connectivity index (χ1n) is 7.95. The number of carbonyl (C=O) groups excluding carboxylic acids is 1. The van der Waals surface area contributed by atoms with Crippen LogP contribution in [0.4, 0.5) is 0 Å². The first kappa shape index (κ1) is 21.0. The normalized spacial score (nSPS) is 11.8. The van der Waals surface area contributed by atoms with E-state index in [0.717, 1.165) is 6.26 Å². The molecule has 8 heteroatoms. The number of ether oxygens (including phenoxy) is 1. The number of carbonyl (C=O) groups is 2. The molecule has 0 saturated heterocycles. The highest BCUT2D eigenvalue weighted by atomic mass is 32.2. The Kier molecular flexibility index (Phi) is 7.41. The van der Waals surface area contributed by atoms with Gasteiger partial charge in [-0.05, 0) is 51.0 Å². The fourth-order valence-corrected chi connectivity index (χ4v) is 2.76. The van der Waals surface area contributed by atoms with Crippen LogP contribution in [-0.4, -0.2) is 43.8 Å². The SMILES string of the molecule is CC(C)(CCC(=O)O)NC(=O)CCCOc1ccc(S(C)(=O)=O)cc1. The van der Waals surface area contributed by atoms with Crippen LogP contribution in [0.3, 0.4) is 0 Å². The smallest absolute Gasteiger partial charge is 0.303 e. The van der Waals surface area contributed by atoms with E-state index in [1.54, 1.807) is 26.0 Å². The van der Waals surface area contributed by atoms with Gasteiger partial charge in [-0.25, -0.2) is 8.42 Å². The molecule has 7 nitrogen and oxygen atoms in total. The van der Waals surface area contributed by atoms with Crippen LogP contribution < -0.4 is 10.1 Å². The molecule has 140 valence electrons. The van der Waals surface area contributed by atoms with Crippen LogP contribution in [0, 0.1) is 0 Å². The Morgan fingerprint density at radius 3 is 2.28 bits per heavy atom. The van der Waals surface area contributed by atoms with Crippen molar-refractivity contribution in [2.24, 2.45) is 0 Å². The van der Waals surface area contributed by atoms with Crippen LogP contribution in [0.15, 0.2) is 29.2 Å². The van der Waals surface area contributed by atoms with Crippen molar-refractivity contribution < 1.29 is 27.9 Å². The van der Waals surface area contributed by atoms with Crippen molar-refractivity contribution in [3.05, 3.63) is 24.3 Å². The molecule has 0 spiro atoms. The van der Waals surface area contributed by atoms with Crippen LogP contribution >= 0.6 is 0 Å². The van der Waals surface area contributed by atoms with Crippen LogP contribution in [0.25, 0.3) is 0 Å². The predicted octanol–water partition coefficient (Wildman–Crippen LogP) is 2.01. The third kappa shape index (κ3) is 8.53. The van der Waals surface area contributed by atoms with Gasteiger partial charge in [0.25, 0.3) is 0 Å². The second kappa shape index (κ2) is 8.84. The molecular weight excluding hydrogens is 346 g/mol. The van der Waals surface area contributed by atoms with E-state index in [4.69, 9.17) is 9.84 Å². The van der Waals surface area contributed by atoms with Crippen LogP contribution in [0.5, 0.6) is 5.75 Å². The Morgan fingerprint density at radius 2 is 1.76 bits per heavy atom. The quantitative estimate of drug-likeness (QED) is 0.609. The zero-order chi connectivity index (χ0) is 19.1. The Labute approximate surface area is 148 Å². The van der Waals surface area contributed by atoms with E-state index in [-0.39, 0.29) is 23.6 Å². The zero-order valence-electron chi connectivity index (χ0n) is 14.7. The van der Waals surface area contributed by atoms with Crippen molar-refractivity contribution in [3.8, 4) is 5.75 Å². The lowest BCUT2D eigenvalue weighted by molar-refractivity contribution is -0.137. The molecule has 1 aromatic carbocycles. The number of rotatable bonds is 10. The molecule has 2 N–H and O–H groups in total. The molecule has 0 aliphatic heterocycles. The number of carboxylic acid groups (broad SMARTS) is 1. The summed E-state index contributed by atoms with van der Waals surface area (Å²) in [6.45, 7) is 3.89. The molecule has 0 unspecified atom stereocenters. The second-order valence-corrected chi connectivity index (χ2v) is 8.54. The second-order valence-electron chi connectivity index (χ2n) is 6.52. The first-order valence-corrected chi connectivity index (χ1v) is 9.84. The molecule has 0 fully saturated rings. The van der Waals surface area contributed by atoms with Gasteiger partial charge in [-0.1, -0.05) is 0 Å². The average molecular weight is 371 g/mol. The summed E-state index contributed by atoms with van der Waals surface area (Å²) in [5.74, 6) is -0.515. The van der Waals surface area contributed by atoms with Crippen molar-refractivity contribution in [2.45, 2.75) is 50.0 Å². The van der Waals surface area contributed by atoms with E-state index in [1.165, 1.54) is 12.1 Å². The summed E-state index contributed by atoms with van der Waals surface area (Å²) in [5, 5.41) is 11.5. The highest BCUT2D eigenvalue weighted by molar-refractivity contribution is 7.90. The minimum atomic E-state index is -3.23. The van der Waals surface area contributed by atoms with Gasteiger partial charge < -0.3 is 15.2 Å². The van der Waals surface area contributed by atoms with Gasteiger partial charge in [0, 0.05) is 24.6 Å². The lowest BCUT2D eigenvalue weighted by Crippen LogP contribution is -2.43. The predicted molar refractivity (Wildman–Crippen MR) is 93.4 cm³/mol. The number of amides is 1. The molecule has 0 aliphatic carbocycles. The molecule has 1 aromatic rings. The fourth-order valence-electron chi connectivity index (χ4n) is 2.13. The minimum absolute atomic E-state index is 0.000132. The Balaban J connectivity index is 2.33. The molecule has 0 atom stereocenters. The first-order chi connectivity index (χ1) is 11.5. The molecule has 0 saturated carbocycles. The van der Waals surface area contributed by atoms with Gasteiger partial charge >= 0.3 is 5.97 Å². The van der Waals surface area contributed by atoms with E-state index in [9.17, 15) is 18.0 Å². The van der Waals surface area contributed by atoms with Gasteiger partial charge in [0.05, 0.1) is 11.5 Å². The van der Waals surface area contributed by atoms with Crippen molar-refractivity contribution in [3.63, 3.8) is 0 Å². The topological polar surface area (TPSA) is 110 Å². The van der Waals surface area contributed by atoms with Gasteiger partial charge in [-0.15, -0.1) is 0 Å². The monoisotopic (exact) mass is 371 g/mol. The standard InChI is InChI=1S/C17H25NO6S/c1-17(2,11-10-16(20)21)18-15(19)5-4-12-24-13-6-8-14(9-7-13)25(3,22)23/h6-9H,4-5,10-12H2,1-3H3,(H,18,19)(H,20,21). The molecule has 0 radical (unpaired) electrons. The van der Waals surface area contributed by atoms with E-state index in [0.29, 0.717) is 25.2 Å². The maximum Gasteiger partial charge on any atom is 0.303 e. The van der Waals surface area contributed by atoms with E-state index >= 15 is 0 Å². The number of hydrogen-bond acceptors (Lipinski definition) is 5. The third-order valence-electron chi connectivity index (χ3n) is 3.51. The molecule has 0 bridgehead atoms. The van der Waals surface area contributed by atoms with Crippen molar-refractivity contribution in [1.29, 1.82) is 0 Å². The number of sulfone groups is 1.